The van der Waals surface area contributed by atoms with Gasteiger partial charge >= 0.3 is 0 Å². The molecule has 8 heteroatoms. The van der Waals surface area contributed by atoms with Crippen LogP contribution in [-0.2, 0) is 14.3 Å². The number of aryl methyl sites for hydroxylation is 1. The van der Waals surface area contributed by atoms with Gasteiger partial charge in [0.05, 0.1) is 19.2 Å². The molecule has 0 bridgehead atoms. The second-order valence-electron chi connectivity index (χ2n) is 8.56. The fourth-order valence-electron chi connectivity index (χ4n) is 4.46. The van der Waals surface area contributed by atoms with Crippen LogP contribution in [0.1, 0.15) is 29.9 Å². The molecule has 1 aliphatic heterocycles. The van der Waals surface area contributed by atoms with Gasteiger partial charge in [0.1, 0.15) is 11.6 Å². The van der Waals surface area contributed by atoms with E-state index in [4.69, 9.17) is 4.74 Å². The maximum atomic E-state index is 12.6. The third kappa shape index (κ3) is 5.86. The lowest BCUT2D eigenvalue weighted by atomic mass is 10.1. The average Bonchev–Trinajstić information content (AvgIpc) is 3.14. The lowest BCUT2D eigenvalue weighted by Gasteiger charge is -2.36. The number of hydrogen-bond acceptors (Lipinski definition) is 5. The van der Waals surface area contributed by atoms with Crippen LogP contribution in [0.5, 0.6) is 0 Å². The van der Waals surface area contributed by atoms with Crippen LogP contribution in [-0.4, -0.2) is 67.7 Å². The van der Waals surface area contributed by atoms with Gasteiger partial charge in [-0.3, -0.25) is 9.59 Å². The van der Waals surface area contributed by atoms with Gasteiger partial charge in [-0.15, -0.1) is 0 Å². The molecular formula is C26H33N5O3. The third-order valence-corrected chi connectivity index (χ3v) is 6.19. The van der Waals surface area contributed by atoms with Gasteiger partial charge in [0.15, 0.2) is 0 Å². The number of para-hydroxylation sites is 1. The Labute approximate surface area is 201 Å². The Bertz CT molecular complexity index is 1080. The van der Waals surface area contributed by atoms with Crippen molar-refractivity contribution in [3.8, 4) is 6.07 Å². The number of ether oxygens (including phenoxy) is 1. The highest BCUT2D eigenvalue weighted by molar-refractivity contribution is 6.03. The average molecular weight is 464 g/mol. The molecule has 2 amide bonds. The van der Waals surface area contributed by atoms with Crippen molar-refractivity contribution in [1.29, 1.82) is 5.26 Å². The van der Waals surface area contributed by atoms with Gasteiger partial charge in [0, 0.05) is 50.4 Å². The summed E-state index contributed by atoms with van der Waals surface area (Å²) in [6.45, 7) is 9.09. The Balaban J connectivity index is 1.58. The van der Waals surface area contributed by atoms with E-state index in [0.29, 0.717) is 19.7 Å². The summed E-state index contributed by atoms with van der Waals surface area (Å²) in [7, 11) is 1.66. The van der Waals surface area contributed by atoms with Gasteiger partial charge < -0.3 is 24.4 Å². The van der Waals surface area contributed by atoms with E-state index >= 15 is 0 Å². The number of amides is 2. The number of piperazine rings is 1. The Hall–Kier alpha value is -3.57. The normalized spacial score (nSPS) is 15.1. The zero-order chi connectivity index (χ0) is 24.7. The Kier molecular flexibility index (Phi) is 8.50. The minimum Gasteiger partial charge on any atom is -0.383 e. The van der Waals surface area contributed by atoms with E-state index in [2.05, 4.69) is 33.8 Å². The second-order valence-corrected chi connectivity index (χ2v) is 8.56. The van der Waals surface area contributed by atoms with Gasteiger partial charge in [-0.25, -0.2) is 0 Å². The van der Waals surface area contributed by atoms with Crippen LogP contribution in [0.25, 0.3) is 6.08 Å². The van der Waals surface area contributed by atoms with Crippen LogP contribution in [0.2, 0.25) is 0 Å². The van der Waals surface area contributed by atoms with Crippen molar-refractivity contribution in [1.82, 2.24) is 14.8 Å². The summed E-state index contributed by atoms with van der Waals surface area (Å²) in [5, 5.41) is 12.2. The molecule has 1 N–H and O–H groups in total. The molecule has 1 saturated heterocycles. The molecule has 1 fully saturated rings. The van der Waals surface area contributed by atoms with Crippen molar-refractivity contribution >= 4 is 23.6 Å². The molecule has 1 atom stereocenters. The predicted molar refractivity (Wildman–Crippen MR) is 132 cm³/mol. The standard InChI is InChI=1S/C26H33N5O3/c1-19-14-22(21(3)31(19)20(2)18-34-4)15-23(16-27)26(33)28-17-25(32)30-12-10-29(11-13-30)24-8-6-5-7-9-24/h5-9,14-15,20H,10-13,17-18H2,1-4H3,(H,28,33)/b23-15+. The van der Waals surface area contributed by atoms with Gasteiger partial charge in [0.25, 0.3) is 5.91 Å². The van der Waals surface area contributed by atoms with E-state index in [1.54, 1.807) is 18.1 Å². The number of nitriles is 1. The first-order valence-corrected chi connectivity index (χ1v) is 11.5. The zero-order valence-corrected chi connectivity index (χ0v) is 20.4. The summed E-state index contributed by atoms with van der Waals surface area (Å²) < 4.78 is 7.39. The smallest absolute Gasteiger partial charge is 0.262 e. The predicted octanol–water partition coefficient (Wildman–Crippen LogP) is 2.68. The molecule has 2 aromatic rings. The highest BCUT2D eigenvalue weighted by Gasteiger charge is 2.22. The second kappa shape index (κ2) is 11.5. The van der Waals surface area contributed by atoms with Gasteiger partial charge in [0.2, 0.25) is 5.91 Å². The molecule has 0 radical (unpaired) electrons. The molecule has 2 heterocycles. The van der Waals surface area contributed by atoms with E-state index in [9.17, 15) is 14.9 Å². The van der Waals surface area contributed by atoms with Crippen molar-refractivity contribution in [2.24, 2.45) is 0 Å². The highest BCUT2D eigenvalue weighted by atomic mass is 16.5. The summed E-state index contributed by atoms with van der Waals surface area (Å²) in [5.74, 6) is -0.696. The number of anilines is 1. The van der Waals surface area contributed by atoms with Crippen molar-refractivity contribution in [2.45, 2.75) is 26.8 Å². The minimum absolute atomic E-state index is 0.0265. The Morgan fingerprint density at radius 3 is 2.47 bits per heavy atom. The number of nitrogens with one attached hydrogen (secondary N) is 1. The number of carbonyl (C=O) groups is 2. The van der Waals surface area contributed by atoms with Crippen molar-refractivity contribution < 1.29 is 14.3 Å². The monoisotopic (exact) mass is 463 g/mol. The molecule has 8 nitrogen and oxygen atoms in total. The number of rotatable bonds is 8. The number of methoxy groups -OCH3 is 1. The van der Waals surface area contributed by atoms with E-state index in [0.717, 1.165) is 35.7 Å². The number of hydrogen-bond donors (Lipinski definition) is 1. The van der Waals surface area contributed by atoms with Crippen molar-refractivity contribution in [2.75, 3.05) is 51.3 Å². The molecule has 0 spiro atoms. The Morgan fingerprint density at radius 2 is 1.85 bits per heavy atom. The highest BCUT2D eigenvalue weighted by Crippen LogP contribution is 2.23. The summed E-state index contributed by atoms with van der Waals surface area (Å²) >= 11 is 0. The van der Waals surface area contributed by atoms with Gasteiger partial charge in [-0.05, 0) is 50.6 Å². The van der Waals surface area contributed by atoms with Crippen molar-refractivity contribution in [3.63, 3.8) is 0 Å². The van der Waals surface area contributed by atoms with Crippen LogP contribution in [0.4, 0.5) is 5.69 Å². The third-order valence-electron chi connectivity index (χ3n) is 6.19. The molecule has 3 rings (SSSR count). The van der Waals surface area contributed by atoms with Crippen LogP contribution in [0.15, 0.2) is 42.0 Å². The number of nitrogens with zero attached hydrogens (tertiary/aromatic N) is 4. The van der Waals surface area contributed by atoms with E-state index < -0.39 is 5.91 Å². The lowest BCUT2D eigenvalue weighted by molar-refractivity contribution is -0.132. The quantitative estimate of drug-likeness (QED) is 0.480. The van der Waals surface area contributed by atoms with Crippen molar-refractivity contribution in [3.05, 3.63) is 58.9 Å². The molecule has 0 aliphatic carbocycles. The van der Waals surface area contributed by atoms with Gasteiger partial charge in [-0.1, -0.05) is 18.2 Å². The molecule has 180 valence electrons. The summed E-state index contributed by atoms with van der Waals surface area (Å²) in [4.78, 5) is 29.3. The molecule has 1 aliphatic rings. The largest absolute Gasteiger partial charge is 0.383 e. The topological polar surface area (TPSA) is 90.6 Å². The first-order chi connectivity index (χ1) is 16.3. The molecular weight excluding hydrogens is 430 g/mol. The fourth-order valence-corrected chi connectivity index (χ4v) is 4.46. The first-order valence-electron chi connectivity index (χ1n) is 11.5. The van der Waals surface area contributed by atoms with Crippen LogP contribution in [0.3, 0.4) is 0 Å². The molecule has 1 aromatic carbocycles. The number of carbonyl (C=O) groups excluding carboxylic acids is 2. The molecule has 0 saturated carbocycles. The number of aromatic nitrogens is 1. The molecule has 1 aromatic heterocycles. The molecule has 1 unspecified atom stereocenters. The summed E-state index contributed by atoms with van der Waals surface area (Å²) in [6.07, 6.45) is 1.58. The molecule has 34 heavy (non-hydrogen) atoms. The number of benzene rings is 1. The maximum Gasteiger partial charge on any atom is 0.262 e. The van der Waals surface area contributed by atoms with Crippen LogP contribution in [0, 0.1) is 25.2 Å². The Morgan fingerprint density at radius 1 is 1.18 bits per heavy atom. The van der Waals surface area contributed by atoms with Crippen LogP contribution < -0.4 is 10.2 Å². The van der Waals surface area contributed by atoms with E-state index in [1.165, 1.54) is 0 Å². The summed E-state index contributed by atoms with van der Waals surface area (Å²) in [5.41, 5.74) is 3.89. The van der Waals surface area contributed by atoms with Gasteiger partial charge in [-0.2, -0.15) is 5.26 Å². The van der Waals surface area contributed by atoms with E-state index in [-0.39, 0.29) is 24.1 Å². The zero-order valence-electron chi connectivity index (χ0n) is 20.4. The maximum absolute atomic E-state index is 12.6. The minimum atomic E-state index is -0.548. The van der Waals surface area contributed by atoms with E-state index in [1.807, 2.05) is 44.2 Å². The SMILES string of the molecule is COCC(C)n1c(C)cc(/C=C(\C#N)C(=O)NCC(=O)N2CCN(c3ccccc3)CC2)c1C. The first kappa shape index (κ1) is 25.1. The van der Waals surface area contributed by atoms with Crippen LogP contribution >= 0.6 is 0 Å². The fraction of sp³-hybridized carbons (Fsp3) is 0.423. The summed E-state index contributed by atoms with van der Waals surface area (Å²) in [6, 6.07) is 14.2. The lowest BCUT2D eigenvalue weighted by Crippen LogP contribution is -2.51.